The molecule has 1 aromatic carbocycles. The third-order valence-electron chi connectivity index (χ3n) is 2.94. The topological polar surface area (TPSA) is 40.7 Å². The summed E-state index contributed by atoms with van der Waals surface area (Å²) < 4.78 is 38.3. The second kappa shape index (κ2) is 6.09. The molecule has 2 rings (SSSR count). The molecule has 2 N–H and O–H groups in total. The van der Waals surface area contributed by atoms with E-state index in [9.17, 15) is 13.2 Å². The Bertz CT molecular complexity index is 535. The normalized spacial score (nSPS) is 13.4. The first kappa shape index (κ1) is 14.6. The lowest BCUT2D eigenvalue weighted by molar-refractivity contribution is -0.137. The molecule has 1 heterocycles. The fraction of sp³-hybridized carbons (Fsp3) is 0.357. The van der Waals surface area contributed by atoms with Gasteiger partial charge in [-0.3, -0.25) is 0 Å². The van der Waals surface area contributed by atoms with E-state index in [4.69, 9.17) is 0 Å². The van der Waals surface area contributed by atoms with Crippen LogP contribution in [0, 0.1) is 0 Å². The van der Waals surface area contributed by atoms with E-state index in [-0.39, 0.29) is 6.04 Å². The molecule has 1 atom stereocenters. The average molecular weight is 283 g/mol. The van der Waals surface area contributed by atoms with Gasteiger partial charge < -0.3 is 10.3 Å². The summed E-state index contributed by atoms with van der Waals surface area (Å²) in [4.78, 5) is 7.09. The predicted molar refractivity (Wildman–Crippen MR) is 70.2 cm³/mol. The Kier molecular flexibility index (Phi) is 4.44. The minimum Gasteiger partial charge on any atom is -0.347 e. The number of benzene rings is 1. The van der Waals surface area contributed by atoms with Crippen LogP contribution in [-0.4, -0.2) is 16.5 Å². The molecule has 0 aliphatic carbocycles. The van der Waals surface area contributed by atoms with E-state index in [0.717, 1.165) is 18.6 Å². The van der Waals surface area contributed by atoms with Gasteiger partial charge in [-0.2, -0.15) is 13.2 Å². The minimum atomic E-state index is -4.34. The molecule has 0 fully saturated rings. The lowest BCUT2D eigenvalue weighted by Crippen LogP contribution is -2.24. The molecule has 20 heavy (non-hydrogen) atoms. The Morgan fingerprint density at radius 3 is 2.75 bits per heavy atom. The van der Waals surface area contributed by atoms with E-state index in [1.807, 2.05) is 6.92 Å². The molecule has 6 heteroatoms. The number of nitrogens with one attached hydrogen (secondary N) is 2. The SMILES string of the molecule is CCCNC(c1cccc(C(F)(F)F)c1)c1ncc[nH]1. The van der Waals surface area contributed by atoms with E-state index < -0.39 is 11.7 Å². The van der Waals surface area contributed by atoms with Gasteiger partial charge in [0, 0.05) is 12.4 Å². The molecule has 0 aliphatic heterocycles. The summed E-state index contributed by atoms with van der Waals surface area (Å²) in [7, 11) is 0. The van der Waals surface area contributed by atoms with Gasteiger partial charge >= 0.3 is 6.18 Å². The van der Waals surface area contributed by atoms with Crippen LogP contribution in [-0.2, 0) is 6.18 Å². The average Bonchev–Trinajstić information content (AvgIpc) is 2.92. The number of H-pyrrole nitrogens is 1. The van der Waals surface area contributed by atoms with Gasteiger partial charge in [-0.05, 0) is 30.7 Å². The highest BCUT2D eigenvalue weighted by Gasteiger charge is 2.31. The molecule has 108 valence electrons. The van der Waals surface area contributed by atoms with E-state index in [0.29, 0.717) is 17.9 Å². The summed E-state index contributed by atoms with van der Waals surface area (Å²) in [6, 6.07) is 4.96. The third-order valence-corrected chi connectivity index (χ3v) is 2.94. The quantitative estimate of drug-likeness (QED) is 0.881. The smallest absolute Gasteiger partial charge is 0.347 e. The Morgan fingerprint density at radius 2 is 2.15 bits per heavy atom. The van der Waals surface area contributed by atoms with Crippen molar-refractivity contribution in [2.24, 2.45) is 0 Å². The van der Waals surface area contributed by atoms with Crippen LogP contribution in [0.4, 0.5) is 13.2 Å². The van der Waals surface area contributed by atoms with Crippen LogP contribution in [0.25, 0.3) is 0 Å². The number of halogens is 3. The fourth-order valence-electron chi connectivity index (χ4n) is 1.99. The summed E-state index contributed by atoms with van der Waals surface area (Å²) in [5.74, 6) is 0.609. The van der Waals surface area contributed by atoms with Gasteiger partial charge in [0.25, 0.3) is 0 Å². The van der Waals surface area contributed by atoms with Crippen molar-refractivity contribution in [1.29, 1.82) is 0 Å². The molecule has 0 aliphatic rings. The van der Waals surface area contributed by atoms with E-state index >= 15 is 0 Å². The van der Waals surface area contributed by atoms with Gasteiger partial charge in [0.2, 0.25) is 0 Å². The zero-order valence-electron chi connectivity index (χ0n) is 11.0. The Balaban J connectivity index is 2.34. The number of hydrogen-bond acceptors (Lipinski definition) is 2. The lowest BCUT2D eigenvalue weighted by Gasteiger charge is -2.18. The number of aromatic amines is 1. The highest BCUT2D eigenvalue weighted by Crippen LogP contribution is 2.31. The largest absolute Gasteiger partial charge is 0.416 e. The van der Waals surface area contributed by atoms with Gasteiger partial charge in [0.15, 0.2) is 0 Å². The van der Waals surface area contributed by atoms with Crippen LogP contribution in [0.2, 0.25) is 0 Å². The van der Waals surface area contributed by atoms with Crippen molar-refractivity contribution in [2.75, 3.05) is 6.54 Å². The highest BCUT2D eigenvalue weighted by atomic mass is 19.4. The van der Waals surface area contributed by atoms with Gasteiger partial charge in [0.1, 0.15) is 5.82 Å². The maximum Gasteiger partial charge on any atom is 0.416 e. The molecule has 1 unspecified atom stereocenters. The van der Waals surface area contributed by atoms with E-state index in [2.05, 4.69) is 15.3 Å². The molecule has 0 spiro atoms. The molecule has 3 nitrogen and oxygen atoms in total. The first-order valence-corrected chi connectivity index (χ1v) is 6.42. The molecule has 0 saturated carbocycles. The Labute approximate surface area is 115 Å². The number of nitrogens with zero attached hydrogens (tertiary/aromatic N) is 1. The summed E-state index contributed by atoms with van der Waals surface area (Å²) in [6.45, 7) is 2.69. The van der Waals surface area contributed by atoms with Crippen LogP contribution in [0.3, 0.4) is 0 Å². The number of rotatable bonds is 5. The maximum absolute atomic E-state index is 12.8. The van der Waals surface area contributed by atoms with E-state index in [1.54, 1.807) is 18.5 Å². The summed E-state index contributed by atoms with van der Waals surface area (Å²) in [5.41, 5.74) is -0.104. The second-order valence-electron chi connectivity index (χ2n) is 4.48. The van der Waals surface area contributed by atoms with Crippen molar-refractivity contribution < 1.29 is 13.2 Å². The van der Waals surface area contributed by atoms with Crippen LogP contribution in [0.1, 0.15) is 36.3 Å². The van der Waals surface area contributed by atoms with Crippen LogP contribution >= 0.6 is 0 Å². The molecular formula is C14H16F3N3. The fourth-order valence-corrected chi connectivity index (χ4v) is 1.99. The third kappa shape index (κ3) is 3.39. The minimum absolute atomic E-state index is 0.368. The highest BCUT2D eigenvalue weighted by molar-refractivity contribution is 5.31. The van der Waals surface area contributed by atoms with Crippen LogP contribution in [0.15, 0.2) is 36.7 Å². The Hall–Kier alpha value is -1.82. The molecule has 0 radical (unpaired) electrons. The maximum atomic E-state index is 12.8. The number of aromatic nitrogens is 2. The molecule has 0 amide bonds. The second-order valence-corrected chi connectivity index (χ2v) is 4.48. The van der Waals surface area contributed by atoms with Crippen molar-refractivity contribution in [3.05, 3.63) is 53.6 Å². The standard InChI is InChI=1S/C14H16F3N3/c1-2-6-18-12(13-19-7-8-20-13)10-4-3-5-11(9-10)14(15,16)17/h3-5,7-9,12,18H,2,6H2,1H3,(H,19,20). The molecular weight excluding hydrogens is 267 g/mol. The number of alkyl halides is 3. The van der Waals surface area contributed by atoms with Gasteiger partial charge in [-0.25, -0.2) is 4.98 Å². The lowest BCUT2D eigenvalue weighted by atomic mass is 10.0. The van der Waals surface area contributed by atoms with Crippen molar-refractivity contribution in [1.82, 2.24) is 15.3 Å². The number of imidazole rings is 1. The predicted octanol–water partition coefficient (Wildman–Crippen LogP) is 3.52. The van der Waals surface area contributed by atoms with Gasteiger partial charge in [-0.15, -0.1) is 0 Å². The Morgan fingerprint density at radius 1 is 1.35 bits per heavy atom. The van der Waals surface area contributed by atoms with Crippen molar-refractivity contribution in [3.63, 3.8) is 0 Å². The van der Waals surface area contributed by atoms with Gasteiger partial charge in [0.05, 0.1) is 11.6 Å². The van der Waals surface area contributed by atoms with Crippen molar-refractivity contribution in [2.45, 2.75) is 25.6 Å². The summed E-state index contributed by atoms with van der Waals surface area (Å²) in [6.07, 6.45) is -0.211. The van der Waals surface area contributed by atoms with Crippen LogP contribution < -0.4 is 5.32 Å². The molecule has 1 aromatic heterocycles. The summed E-state index contributed by atoms with van der Waals surface area (Å²) in [5, 5.41) is 3.21. The first-order valence-electron chi connectivity index (χ1n) is 6.42. The number of hydrogen-bond donors (Lipinski definition) is 2. The zero-order chi connectivity index (χ0) is 14.6. The molecule has 0 bridgehead atoms. The van der Waals surface area contributed by atoms with E-state index in [1.165, 1.54) is 6.07 Å². The zero-order valence-corrected chi connectivity index (χ0v) is 11.0. The molecule has 2 aromatic rings. The monoisotopic (exact) mass is 283 g/mol. The first-order chi connectivity index (χ1) is 9.52. The van der Waals surface area contributed by atoms with Crippen LogP contribution in [0.5, 0.6) is 0 Å². The van der Waals surface area contributed by atoms with Gasteiger partial charge in [-0.1, -0.05) is 19.1 Å². The molecule has 0 saturated heterocycles. The van der Waals surface area contributed by atoms with Crippen molar-refractivity contribution in [3.8, 4) is 0 Å². The van der Waals surface area contributed by atoms with Crippen molar-refractivity contribution >= 4 is 0 Å². The summed E-state index contributed by atoms with van der Waals surface area (Å²) >= 11 is 0.